The van der Waals surface area contributed by atoms with Crippen LogP contribution in [0.4, 0.5) is 0 Å². The van der Waals surface area contributed by atoms with E-state index in [-0.39, 0.29) is 0 Å². The minimum Gasteiger partial charge on any atom is -0.454 e. The van der Waals surface area contributed by atoms with E-state index in [9.17, 15) is 14.4 Å². The zero-order valence-electron chi connectivity index (χ0n) is 14.2. The van der Waals surface area contributed by atoms with Crippen LogP contribution in [-0.2, 0) is 20.9 Å². The summed E-state index contributed by atoms with van der Waals surface area (Å²) in [6, 6.07) is 14.7. The molecule has 2 N–H and O–H groups in total. The summed E-state index contributed by atoms with van der Waals surface area (Å²) in [5.41, 5.74) is 1.31. The van der Waals surface area contributed by atoms with E-state index in [1.54, 1.807) is 24.3 Å². The van der Waals surface area contributed by atoms with Gasteiger partial charge < -0.3 is 15.4 Å². The van der Waals surface area contributed by atoms with Crippen LogP contribution in [0.25, 0.3) is 0 Å². The highest BCUT2D eigenvalue weighted by molar-refractivity contribution is 6.30. The molecule has 0 aliphatic heterocycles. The SMILES string of the molecule is C[C@H](NC(=O)c1ccc(Cl)cc1)C(=O)OCC(=O)NCc1ccccc1. The minimum absolute atomic E-state index is 0.347. The van der Waals surface area contributed by atoms with Gasteiger partial charge in [-0.2, -0.15) is 0 Å². The molecule has 26 heavy (non-hydrogen) atoms. The molecule has 0 bridgehead atoms. The molecule has 2 rings (SSSR count). The molecule has 0 heterocycles. The largest absolute Gasteiger partial charge is 0.454 e. The summed E-state index contributed by atoms with van der Waals surface area (Å²) in [7, 11) is 0. The first-order valence-electron chi connectivity index (χ1n) is 7.99. The van der Waals surface area contributed by atoms with Gasteiger partial charge in [-0.05, 0) is 36.8 Å². The van der Waals surface area contributed by atoms with Crippen LogP contribution in [0.5, 0.6) is 0 Å². The van der Waals surface area contributed by atoms with Crippen LogP contribution in [-0.4, -0.2) is 30.4 Å². The summed E-state index contributed by atoms with van der Waals surface area (Å²) in [5.74, 6) is -1.54. The Morgan fingerprint density at radius 1 is 1.04 bits per heavy atom. The van der Waals surface area contributed by atoms with E-state index in [1.165, 1.54) is 6.92 Å². The lowest BCUT2D eigenvalue weighted by Crippen LogP contribution is -2.40. The number of nitrogens with one attached hydrogen (secondary N) is 2. The van der Waals surface area contributed by atoms with Gasteiger partial charge in [0.15, 0.2) is 6.61 Å². The van der Waals surface area contributed by atoms with Gasteiger partial charge in [-0.15, -0.1) is 0 Å². The van der Waals surface area contributed by atoms with Crippen molar-refractivity contribution in [3.63, 3.8) is 0 Å². The van der Waals surface area contributed by atoms with Crippen molar-refractivity contribution in [1.82, 2.24) is 10.6 Å². The van der Waals surface area contributed by atoms with Crippen molar-refractivity contribution in [2.24, 2.45) is 0 Å². The molecule has 0 aliphatic carbocycles. The van der Waals surface area contributed by atoms with Crippen LogP contribution < -0.4 is 10.6 Å². The highest BCUT2D eigenvalue weighted by Gasteiger charge is 2.19. The molecule has 0 radical (unpaired) electrons. The molecule has 2 aromatic carbocycles. The third-order valence-electron chi connectivity index (χ3n) is 3.49. The van der Waals surface area contributed by atoms with Crippen molar-refractivity contribution in [2.45, 2.75) is 19.5 Å². The van der Waals surface area contributed by atoms with Crippen LogP contribution in [0.2, 0.25) is 5.02 Å². The van der Waals surface area contributed by atoms with Gasteiger partial charge in [-0.25, -0.2) is 4.79 Å². The predicted molar refractivity (Wildman–Crippen MR) is 97.6 cm³/mol. The second-order valence-electron chi connectivity index (χ2n) is 5.57. The number of halogens is 1. The van der Waals surface area contributed by atoms with E-state index in [4.69, 9.17) is 16.3 Å². The normalized spacial score (nSPS) is 11.3. The summed E-state index contributed by atoms with van der Waals surface area (Å²) in [5, 5.41) is 5.67. The molecule has 1 atom stereocenters. The van der Waals surface area contributed by atoms with E-state index in [2.05, 4.69) is 10.6 Å². The fourth-order valence-electron chi connectivity index (χ4n) is 2.05. The van der Waals surface area contributed by atoms with Gasteiger partial charge in [-0.3, -0.25) is 9.59 Å². The molecule has 6 nitrogen and oxygen atoms in total. The fourth-order valence-corrected chi connectivity index (χ4v) is 2.18. The van der Waals surface area contributed by atoms with Crippen molar-refractivity contribution < 1.29 is 19.1 Å². The number of ether oxygens (including phenoxy) is 1. The van der Waals surface area contributed by atoms with Crippen molar-refractivity contribution >= 4 is 29.4 Å². The van der Waals surface area contributed by atoms with Gasteiger partial charge in [0, 0.05) is 17.1 Å². The van der Waals surface area contributed by atoms with Crippen molar-refractivity contribution in [3.05, 3.63) is 70.7 Å². The third-order valence-corrected chi connectivity index (χ3v) is 3.74. The summed E-state index contributed by atoms with van der Waals surface area (Å²) in [4.78, 5) is 35.7. The number of carbonyl (C=O) groups is 3. The number of rotatable bonds is 7. The lowest BCUT2D eigenvalue weighted by molar-refractivity contribution is -0.150. The van der Waals surface area contributed by atoms with E-state index < -0.39 is 30.4 Å². The molecule has 136 valence electrons. The maximum atomic E-state index is 12.0. The first kappa shape index (κ1) is 19.5. The highest BCUT2D eigenvalue weighted by Crippen LogP contribution is 2.09. The molecule has 0 spiro atoms. The summed E-state index contributed by atoms with van der Waals surface area (Å²) in [6.45, 7) is 1.42. The van der Waals surface area contributed by atoms with Gasteiger partial charge in [-0.1, -0.05) is 41.9 Å². The zero-order chi connectivity index (χ0) is 18.9. The van der Waals surface area contributed by atoms with E-state index in [0.717, 1.165) is 5.56 Å². The van der Waals surface area contributed by atoms with Crippen molar-refractivity contribution in [1.29, 1.82) is 0 Å². The maximum Gasteiger partial charge on any atom is 0.328 e. The number of hydrogen-bond donors (Lipinski definition) is 2. The van der Waals surface area contributed by atoms with E-state index >= 15 is 0 Å². The molecule has 0 fully saturated rings. The van der Waals surface area contributed by atoms with Crippen molar-refractivity contribution in [2.75, 3.05) is 6.61 Å². The Kier molecular flexibility index (Phi) is 7.17. The summed E-state index contributed by atoms with van der Waals surface area (Å²) >= 11 is 5.76. The molecule has 2 amide bonds. The number of benzene rings is 2. The molecule has 0 aliphatic rings. The highest BCUT2D eigenvalue weighted by atomic mass is 35.5. The number of carbonyl (C=O) groups excluding carboxylic acids is 3. The lowest BCUT2D eigenvalue weighted by atomic mass is 10.2. The van der Waals surface area contributed by atoms with Crippen LogP contribution in [0.15, 0.2) is 54.6 Å². The molecule has 7 heteroatoms. The molecular formula is C19H19ClN2O4. The minimum atomic E-state index is -0.889. The topological polar surface area (TPSA) is 84.5 Å². The average molecular weight is 375 g/mol. The van der Waals surface area contributed by atoms with Crippen LogP contribution >= 0.6 is 11.6 Å². The Balaban J connectivity index is 1.73. The monoisotopic (exact) mass is 374 g/mol. The summed E-state index contributed by atoms with van der Waals surface area (Å²) in [6.07, 6.45) is 0. The van der Waals surface area contributed by atoms with Gasteiger partial charge in [0.25, 0.3) is 11.8 Å². The number of esters is 1. The van der Waals surface area contributed by atoms with Crippen molar-refractivity contribution in [3.8, 4) is 0 Å². The molecule has 0 saturated carbocycles. The number of hydrogen-bond acceptors (Lipinski definition) is 4. The molecule has 2 aromatic rings. The maximum absolute atomic E-state index is 12.0. The van der Waals surface area contributed by atoms with Crippen LogP contribution in [0, 0.1) is 0 Å². The van der Waals surface area contributed by atoms with E-state index in [1.807, 2.05) is 30.3 Å². The first-order chi connectivity index (χ1) is 12.5. The Bertz CT molecular complexity index is 763. The second kappa shape index (κ2) is 9.58. The molecule has 0 unspecified atom stereocenters. The Labute approximate surface area is 156 Å². The Hall–Kier alpha value is -2.86. The van der Waals surface area contributed by atoms with Gasteiger partial charge >= 0.3 is 5.97 Å². The quantitative estimate of drug-likeness (QED) is 0.728. The zero-order valence-corrected chi connectivity index (χ0v) is 15.0. The lowest BCUT2D eigenvalue weighted by Gasteiger charge is -2.13. The summed E-state index contributed by atoms with van der Waals surface area (Å²) < 4.78 is 4.92. The Morgan fingerprint density at radius 3 is 2.35 bits per heavy atom. The first-order valence-corrected chi connectivity index (χ1v) is 8.37. The van der Waals surface area contributed by atoms with Crippen LogP contribution in [0.1, 0.15) is 22.8 Å². The average Bonchev–Trinajstić information content (AvgIpc) is 2.65. The second-order valence-corrected chi connectivity index (χ2v) is 6.01. The fraction of sp³-hybridized carbons (Fsp3) is 0.211. The molecular weight excluding hydrogens is 356 g/mol. The predicted octanol–water partition coefficient (Wildman–Crippen LogP) is 2.32. The standard InChI is InChI=1S/C19H19ClN2O4/c1-13(22-18(24)15-7-9-16(20)10-8-15)19(25)26-12-17(23)21-11-14-5-3-2-4-6-14/h2-10,13H,11-12H2,1H3,(H,21,23)(H,22,24)/t13-/m0/s1. The van der Waals surface area contributed by atoms with E-state index in [0.29, 0.717) is 17.1 Å². The smallest absolute Gasteiger partial charge is 0.328 e. The van der Waals surface area contributed by atoms with Gasteiger partial charge in [0.2, 0.25) is 0 Å². The number of amides is 2. The molecule has 0 aromatic heterocycles. The van der Waals surface area contributed by atoms with Gasteiger partial charge in [0.1, 0.15) is 6.04 Å². The van der Waals surface area contributed by atoms with Gasteiger partial charge in [0.05, 0.1) is 0 Å². The Morgan fingerprint density at radius 2 is 1.69 bits per heavy atom. The molecule has 0 saturated heterocycles. The third kappa shape index (κ3) is 6.22. The van der Waals surface area contributed by atoms with Crippen LogP contribution in [0.3, 0.4) is 0 Å².